The van der Waals surface area contributed by atoms with E-state index in [1.165, 1.54) is 18.7 Å². The van der Waals surface area contributed by atoms with Crippen LogP contribution in [0.25, 0.3) is 0 Å². The molecule has 0 aliphatic heterocycles. The molecule has 2 rings (SSSR count). The Morgan fingerprint density at radius 2 is 1.81 bits per heavy atom. The highest BCUT2D eigenvalue weighted by molar-refractivity contribution is 5.92. The number of methoxy groups -OCH3 is 1. The fourth-order valence-corrected chi connectivity index (χ4v) is 2.27. The van der Waals surface area contributed by atoms with E-state index in [9.17, 15) is 13.2 Å². The first-order valence-electron chi connectivity index (χ1n) is 8.18. The summed E-state index contributed by atoms with van der Waals surface area (Å²) in [5, 5.41) is 3.00. The molecule has 5 nitrogen and oxygen atoms in total. The summed E-state index contributed by atoms with van der Waals surface area (Å²) in [6.07, 6.45) is -4.41. The second kappa shape index (κ2) is 8.66. The normalized spacial score (nSPS) is 12.0. The van der Waals surface area contributed by atoms with Crippen LogP contribution in [0.1, 0.15) is 16.7 Å². The van der Waals surface area contributed by atoms with E-state index < -0.39 is 12.8 Å². The molecule has 3 N–H and O–H groups in total. The standard InChI is InChI=1S/C19H22F3N3O2/c1-12-4-6-15(8-13(12)2)25-18(23)24-10-14-5-7-16(17(9-14)26-3)27-11-19(20,21)22/h4-9H,10-11H2,1-3H3,(H3,23,24,25). The zero-order valence-corrected chi connectivity index (χ0v) is 15.4. The molecule has 0 amide bonds. The quantitative estimate of drug-likeness (QED) is 0.582. The number of benzene rings is 2. The van der Waals surface area contributed by atoms with Crippen molar-refractivity contribution >= 4 is 11.6 Å². The Bertz CT molecular complexity index is 820. The number of anilines is 1. The number of aliphatic imine (C=N–C) groups is 1. The van der Waals surface area contributed by atoms with Crippen LogP contribution >= 0.6 is 0 Å². The van der Waals surface area contributed by atoms with Crippen LogP contribution in [0.15, 0.2) is 41.4 Å². The van der Waals surface area contributed by atoms with Crippen molar-refractivity contribution in [2.24, 2.45) is 10.7 Å². The van der Waals surface area contributed by atoms with E-state index >= 15 is 0 Å². The summed E-state index contributed by atoms with van der Waals surface area (Å²) in [6, 6.07) is 10.4. The summed E-state index contributed by atoms with van der Waals surface area (Å²) >= 11 is 0. The van der Waals surface area contributed by atoms with E-state index in [0.29, 0.717) is 0 Å². The van der Waals surface area contributed by atoms with Crippen molar-refractivity contribution in [1.29, 1.82) is 0 Å². The van der Waals surface area contributed by atoms with E-state index in [0.717, 1.165) is 16.8 Å². The maximum Gasteiger partial charge on any atom is 0.422 e. The molecular formula is C19H22F3N3O2. The van der Waals surface area contributed by atoms with Crippen LogP contribution in [0, 0.1) is 13.8 Å². The molecule has 0 saturated heterocycles. The van der Waals surface area contributed by atoms with Crippen molar-refractivity contribution in [3.05, 3.63) is 53.1 Å². The second-order valence-electron chi connectivity index (χ2n) is 6.01. The second-order valence-corrected chi connectivity index (χ2v) is 6.01. The van der Waals surface area contributed by atoms with Crippen LogP contribution in [0.2, 0.25) is 0 Å². The minimum absolute atomic E-state index is 0.0174. The van der Waals surface area contributed by atoms with Crippen LogP contribution in [0.4, 0.5) is 18.9 Å². The number of halogens is 3. The minimum atomic E-state index is -4.41. The number of hydrogen-bond donors (Lipinski definition) is 2. The van der Waals surface area contributed by atoms with Crippen molar-refractivity contribution < 1.29 is 22.6 Å². The number of ether oxygens (including phenoxy) is 2. The molecule has 8 heteroatoms. The molecule has 0 aromatic heterocycles. The van der Waals surface area contributed by atoms with Crippen molar-refractivity contribution in [2.75, 3.05) is 19.0 Å². The largest absolute Gasteiger partial charge is 0.493 e. The molecule has 0 heterocycles. The van der Waals surface area contributed by atoms with Crippen LogP contribution < -0.4 is 20.5 Å². The van der Waals surface area contributed by atoms with Gasteiger partial charge in [-0.05, 0) is 54.8 Å². The third-order valence-corrected chi connectivity index (χ3v) is 3.83. The lowest BCUT2D eigenvalue weighted by molar-refractivity contribution is -0.153. The molecule has 0 aliphatic rings. The highest BCUT2D eigenvalue weighted by Crippen LogP contribution is 2.30. The predicted molar refractivity (Wildman–Crippen MR) is 99.4 cm³/mol. The summed E-state index contributed by atoms with van der Waals surface area (Å²) in [5.41, 5.74) is 9.75. The average molecular weight is 381 g/mol. The lowest BCUT2D eigenvalue weighted by atomic mass is 10.1. The number of rotatable bonds is 6. The van der Waals surface area contributed by atoms with Crippen LogP contribution in [-0.2, 0) is 6.54 Å². The SMILES string of the molecule is COc1cc(CN=C(N)Nc2ccc(C)c(C)c2)ccc1OCC(F)(F)F. The monoisotopic (exact) mass is 381 g/mol. The van der Waals surface area contributed by atoms with Gasteiger partial charge in [0, 0.05) is 5.69 Å². The number of nitrogens with one attached hydrogen (secondary N) is 1. The number of nitrogens with zero attached hydrogens (tertiary/aromatic N) is 1. The molecule has 0 atom stereocenters. The molecule has 0 aliphatic carbocycles. The summed E-state index contributed by atoms with van der Waals surface area (Å²) in [7, 11) is 1.36. The van der Waals surface area contributed by atoms with Crippen molar-refractivity contribution in [1.82, 2.24) is 0 Å². The van der Waals surface area contributed by atoms with Crippen LogP contribution in [0.5, 0.6) is 11.5 Å². The molecule has 146 valence electrons. The Kier molecular flexibility index (Phi) is 6.55. The third-order valence-electron chi connectivity index (χ3n) is 3.83. The predicted octanol–water partition coefficient (Wildman–Crippen LogP) is 4.18. The molecule has 0 spiro atoms. The van der Waals surface area contributed by atoms with E-state index in [1.807, 2.05) is 32.0 Å². The van der Waals surface area contributed by atoms with Gasteiger partial charge in [-0.1, -0.05) is 12.1 Å². The van der Waals surface area contributed by atoms with E-state index in [-0.39, 0.29) is 24.0 Å². The van der Waals surface area contributed by atoms with Crippen LogP contribution in [0.3, 0.4) is 0 Å². The molecular weight excluding hydrogens is 359 g/mol. The number of nitrogens with two attached hydrogens (primary N) is 1. The molecule has 27 heavy (non-hydrogen) atoms. The molecule has 0 unspecified atom stereocenters. The number of alkyl halides is 3. The van der Waals surface area contributed by atoms with E-state index in [1.54, 1.807) is 12.1 Å². The van der Waals surface area contributed by atoms with Crippen molar-refractivity contribution in [3.8, 4) is 11.5 Å². The van der Waals surface area contributed by atoms with Gasteiger partial charge in [0.25, 0.3) is 0 Å². The maximum atomic E-state index is 12.3. The minimum Gasteiger partial charge on any atom is -0.493 e. The van der Waals surface area contributed by atoms with Gasteiger partial charge in [0.05, 0.1) is 13.7 Å². The van der Waals surface area contributed by atoms with Gasteiger partial charge in [-0.25, -0.2) is 4.99 Å². The molecule has 2 aromatic rings. The number of hydrogen-bond acceptors (Lipinski definition) is 3. The Labute approximate surface area is 156 Å². The topological polar surface area (TPSA) is 68.9 Å². The highest BCUT2D eigenvalue weighted by Gasteiger charge is 2.29. The lowest BCUT2D eigenvalue weighted by Crippen LogP contribution is -2.22. The molecule has 0 bridgehead atoms. The Balaban J connectivity index is 2.03. The zero-order valence-electron chi connectivity index (χ0n) is 15.4. The Morgan fingerprint density at radius 1 is 1.07 bits per heavy atom. The van der Waals surface area contributed by atoms with Gasteiger partial charge in [-0.3, -0.25) is 0 Å². The first-order chi connectivity index (χ1) is 12.7. The van der Waals surface area contributed by atoms with Gasteiger partial charge in [-0.15, -0.1) is 0 Å². The number of aryl methyl sites for hydroxylation is 2. The van der Waals surface area contributed by atoms with E-state index in [4.69, 9.17) is 15.2 Å². The Morgan fingerprint density at radius 3 is 2.44 bits per heavy atom. The third kappa shape index (κ3) is 6.40. The fourth-order valence-electron chi connectivity index (χ4n) is 2.27. The molecule has 0 fully saturated rings. The van der Waals surface area contributed by atoms with Crippen LogP contribution in [-0.4, -0.2) is 25.9 Å². The summed E-state index contributed by atoms with van der Waals surface area (Å²) < 4.78 is 46.7. The van der Waals surface area contributed by atoms with Gasteiger partial charge >= 0.3 is 6.18 Å². The van der Waals surface area contributed by atoms with Gasteiger partial charge in [0.1, 0.15) is 0 Å². The summed E-state index contributed by atoms with van der Waals surface area (Å²) in [4.78, 5) is 4.24. The highest BCUT2D eigenvalue weighted by atomic mass is 19.4. The number of guanidine groups is 1. The van der Waals surface area contributed by atoms with E-state index in [2.05, 4.69) is 10.3 Å². The molecule has 2 aromatic carbocycles. The Hall–Kier alpha value is -2.90. The van der Waals surface area contributed by atoms with Gasteiger partial charge in [0.2, 0.25) is 0 Å². The van der Waals surface area contributed by atoms with Crippen molar-refractivity contribution in [3.63, 3.8) is 0 Å². The fraction of sp³-hybridized carbons (Fsp3) is 0.316. The maximum absolute atomic E-state index is 12.3. The average Bonchev–Trinajstić information content (AvgIpc) is 2.61. The summed E-state index contributed by atoms with van der Waals surface area (Å²) in [6.45, 7) is 2.88. The molecule has 0 radical (unpaired) electrons. The van der Waals surface area contributed by atoms with Crippen molar-refractivity contribution in [2.45, 2.75) is 26.6 Å². The van der Waals surface area contributed by atoms with Gasteiger partial charge < -0.3 is 20.5 Å². The zero-order chi connectivity index (χ0) is 20.0. The van der Waals surface area contributed by atoms with Gasteiger partial charge in [0.15, 0.2) is 24.1 Å². The smallest absolute Gasteiger partial charge is 0.422 e. The first kappa shape index (κ1) is 20.4. The summed E-state index contributed by atoms with van der Waals surface area (Å²) in [5.74, 6) is 0.450. The lowest BCUT2D eigenvalue weighted by Gasteiger charge is -2.13. The molecule has 0 saturated carbocycles. The first-order valence-corrected chi connectivity index (χ1v) is 8.18. The van der Waals surface area contributed by atoms with Gasteiger partial charge in [-0.2, -0.15) is 13.2 Å².